The Morgan fingerprint density at radius 2 is 1.79 bits per heavy atom. The van der Waals surface area contributed by atoms with E-state index in [4.69, 9.17) is 0 Å². The van der Waals surface area contributed by atoms with E-state index in [1.165, 1.54) is 6.08 Å². The van der Waals surface area contributed by atoms with Gasteiger partial charge in [-0.1, -0.05) is 30.3 Å². The van der Waals surface area contributed by atoms with Gasteiger partial charge in [0.15, 0.2) is 0 Å². The minimum Gasteiger partial charge on any atom is -0.352 e. The Morgan fingerprint density at radius 3 is 2.43 bits per heavy atom. The second-order valence-electron chi connectivity index (χ2n) is 7.42. The maximum atomic E-state index is 12.6. The molecule has 1 aromatic carbocycles. The average Bonchev–Trinajstić information content (AvgIpc) is 3.51. The lowest BCUT2D eigenvalue weighted by Crippen LogP contribution is -2.55. The number of amides is 3. The first-order valence-corrected chi connectivity index (χ1v) is 9.85. The van der Waals surface area contributed by atoms with Crippen LogP contribution in [0.2, 0.25) is 0 Å². The van der Waals surface area contributed by atoms with Crippen molar-refractivity contribution < 1.29 is 14.4 Å². The van der Waals surface area contributed by atoms with Gasteiger partial charge in [-0.3, -0.25) is 19.3 Å². The number of piperazine rings is 1. The molecule has 2 fully saturated rings. The first-order valence-electron chi connectivity index (χ1n) is 9.85. The third kappa shape index (κ3) is 6.20. The molecular weight excluding hydrogens is 356 g/mol. The summed E-state index contributed by atoms with van der Waals surface area (Å²) in [5, 5.41) is 5.71. The highest BCUT2D eigenvalue weighted by molar-refractivity contribution is 5.95. The highest BCUT2D eigenvalue weighted by Gasteiger charge is 2.28. The standard InChI is InChI=1S/C21H28N4O3/c1-16(22-19(26)10-7-17-5-3-2-4-6-17)21(28)25-13-11-24(12-14-25)15-20(27)23-18-8-9-18/h2-7,10,16,18H,8-9,11-15H2,1H3,(H,22,26)(H,23,27)/b10-7+. The molecule has 28 heavy (non-hydrogen) atoms. The van der Waals surface area contributed by atoms with Crippen LogP contribution in [0.3, 0.4) is 0 Å². The van der Waals surface area contributed by atoms with Crippen LogP contribution >= 0.6 is 0 Å². The summed E-state index contributed by atoms with van der Waals surface area (Å²) in [6.07, 6.45) is 5.32. The molecule has 1 saturated carbocycles. The molecule has 1 atom stereocenters. The van der Waals surface area contributed by atoms with Gasteiger partial charge in [0.2, 0.25) is 17.7 Å². The number of benzene rings is 1. The fraction of sp³-hybridized carbons (Fsp3) is 0.476. The third-order valence-electron chi connectivity index (χ3n) is 4.95. The Kier molecular flexibility index (Phi) is 6.81. The van der Waals surface area contributed by atoms with Gasteiger partial charge in [0, 0.05) is 38.3 Å². The van der Waals surface area contributed by atoms with Crippen LogP contribution < -0.4 is 10.6 Å². The Morgan fingerprint density at radius 1 is 1.11 bits per heavy atom. The van der Waals surface area contributed by atoms with Crippen LogP contribution in [-0.4, -0.2) is 72.3 Å². The van der Waals surface area contributed by atoms with Crippen LogP contribution in [0.15, 0.2) is 36.4 Å². The monoisotopic (exact) mass is 384 g/mol. The Bertz CT molecular complexity index is 722. The van der Waals surface area contributed by atoms with Gasteiger partial charge in [-0.05, 0) is 31.4 Å². The van der Waals surface area contributed by atoms with Crippen molar-refractivity contribution in [2.45, 2.75) is 31.8 Å². The van der Waals surface area contributed by atoms with E-state index >= 15 is 0 Å². The molecule has 1 aliphatic heterocycles. The van der Waals surface area contributed by atoms with Gasteiger partial charge in [0.1, 0.15) is 6.04 Å². The maximum absolute atomic E-state index is 12.6. The number of nitrogens with zero attached hydrogens (tertiary/aromatic N) is 2. The van der Waals surface area contributed by atoms with Gasteiger partial charge < -0.3 is 15.5 Å². The molecule has 0 radical (unpaired) electrons. The normalized spacial score (nSPS) is 18.7. The van der Waals surface area contributed by atoms with Crippen LogP contribution in [0.5, 0.6) is 0 Å². The molecule has 1 saturated heterocycles. The van der Waals surface area contributed by atoms with Crippen molar-refractivity contribution in [1.82, 2.24) is 20.4 Å². The second-order valence-corrected chi connectivity index (χ2v) is 7.42. The van der Waals surface area contributed by atoms with Crippen molar-refractivity contribution in [1.29, 1.82) is 0 Å². The number of hydrogen-bond acceptors (Lipinski definition) is 4. The molecule has 0 bridgehead atoms. The van der Waals surface area contributed by atoms with Crippen molar-refractivity contribution in [2.24, 2.45) is 0 Å². The molecule has 1 aromatic rings. The van der Waals surface area contributed by atoms with Crippen molar-refractivity contribution >= 4 is 23.8 Å². The summed E-state index contributed by atoms with van der Waals surface area (Å²) in [6, 6.07) is 9.31. The summed E-state index contributed by atoms with van der Waals surface area (Å²) < 4.78 is 0. The Balaban J connectivity index is 1.39. The van der Waals surface area contributed by atoms with Crippen LogP contribution in [0.25, 0.3) is 6.08 Å². The van der Waals surface area contributed by atoms with Gasteiger partial charge in [-0.25, -0.2) is 0 Å². The van der Waals surface area contributed by atoms with E-state index in [2.05, 4.69) is 15.5 Å². The molecule has 1 heterocycles. The highest BCUT2D eigenvalue weighted by Crippen LogP contribution is 2.18. The third-order valence-corrected chi connectivity index (χ3v) is 4.95. The molecule has 7 heteroatoms. The number of rotatable bonds is 7. The SMILES string of the molecule is CC(NC(=O)/C=C/c1ccccc1)C(=O)N1CCN(CC(=O)NC2CC2)CC1. The van der Waals surface area contributed by atoms with Crippen LogP contribution in [0.1, 0.15) is 25.3 Å². The summed E-state index contributed by atoms with van der Waals surface area (Å²) in [5.41, 5.74) is 0.929. The number of nitrogens with one attached hydrogen (secondary N) is 2. The fourth-order valence-corrected chi connectivity index (χ4v) is 3.16. The van der Waals surface area contributed by atoms with Crippen LogP contribution in [-0.2, 0) is 14.4 Å². The van der Waals surface area contributed by atoms with E-state index in [0.717, 1.165) is 18.4 Å². The molecule has 0 aromatic heterocycles. The first kappa shape index (κ1) is 20.1. The van der Waals surface area contributed by atoms with Gasteiger partial charge in [0.25, 0.3) is 0 Å². The van der Waals surface area contributed by atoms with Crippen molar-refractivity contribution in [2.75, 3.05) is 32.7 Å². The number of hydrogen-bond donors (Lipinski definition) is 2. The average molecular weight is 384 g/mol. The van der Waals surface area contributed by atoms with E-state index in [0.29, 0.717) is 38.8 Å². The lowest BCUT2D eigenvalue weighted by molar-refractivity contribution is -0.137. The molecule has 1 aliphatic carbocycles. The minimum atomic E-state index is -0.586. The molecular formula is C21H28N4O3. The molecule has 7 nitrogen and oxygen atoms in total. The quantitative estimate of drug-likeness (QED) is 0.676. The zero-order chi connectivity index (χ0) is 19.9. The second kappa shape index (κ2) is 9.50. The first-order chi connectivity index (χ1) is 13.5. The van der Waals surface area contributed by atoms with Gasteiger partial charge in [0.05, 0.1) is 6.54 Å². The van der Waals surface area contributed by atoms with Crippen molar-refractivity contribution in [3.8, 4) is 0 Å². The van der Waals surface area contributed by atoms with E-state index in [1.807, 2.05) is 30.3 Å². The summed E-state index contributed by atoms with van der Waals surface area (Å²) in [7, 11) is 0. The summed E-state index contributed by atoms with van der Waals surface area (Å²) in [4.78, 5) is 40.3. The fourth-order valence-electron chi connectivity index (χ4n) is 3.16. The molecule has 1 unspecified atom stereocenters. The molecule has 2 N–H and O–H groups in total. The predicted octanol–water partition coefficient (Wildman–Crippen LogP) is 0.627. The summed E-state index contributed by atoms with van der Waals surface area (Å²) in [6.45, 7) is 4.54. The lowest BCUT2D eigenvalue weighted by Gasteiger charge is -2.35. The Hall–Kier alpha value is -2.67. The summed E-state index contributed by atoms with van der Waals surface area (Å²) >= 11 is 0. The lowest BCUT2D eigenvalue weighted by atomic mass is 10.2. The molecule has 3 rings (SSSR count). The zero-order valence-corrected chi connectivity index (χ0v) is 16.3. The van der Waals surface area contributed by atoms with Crippen LogP contribution in [0, 0.1) is 0 Å². The zero-order valence-electron chi connectivity index (χ0n) is 16.3. The number of carbonyl (C=O) groups excluding carboxylic acids is 3. The minimum absolute atomic E-state index is 0.0631. The Labute approximate surface area is 165 Å². The predicted molar refractivity (Wildman–Crippen MR) is 107 cm³/mol. The smallest absolute Gasteiger partial charge is 0.244 e. The van der Waals surface area contributed by atoms with Gasteiger partial charge in [-0.15, -0.1) is 0 Å². The largest absolute Gasteiger partial charge is 0.352 e. The van der Waals surface area contributed by atoms with Crippen molar-refractivity contribution in [3.05, 3.63) is 42.0 Å². The summed E-state index contributed by atoms with van der Waals surface area (Å²) in [5.74, 6) is -0.322. The van der Waals surface area contributed by atoms with Crippen molar-refractivity contribution in [3.63, 3.8) is 0 Å². The van der Waals surface area contributed by atoms with E-state index in [1.54, 1.807) is 17.9 Å². The highest BCUT2D eigenvalue weighted by atomic mass is 16.2. The molecule has 3 amide bonds. The van der Waals surface area contributed by atoms with E-state index in [-0.39, 0.29) is 17.7 Å². The van der Waals surface area contributed by atoms with Gasteiger partial charge in [-0.2, -0.15) is 0 Å². The van der Waals surface area contributed by atoms with E-state index < -0.39 is 6.04 Å². The van der Waals surface area contributed by atoms with Gasteiger partial charge >= 0.3 is 0 Å². The maximum Gasteiger partial charge on any atom is 0.244 e. The van der Waals surface area contributed by atoms with E-state index in [9.17, 15) is 14.4 Å². The molecule has 0 spiro atoms. The molecule has 2 aliphatic rings. The number of carbonyl (C=O) groups is 3. The topological polar surface area (TPSA) is 81.8 Å². The molecule has 150 valence electrons. The van der Waals surface area contributed by atoms with Crippen LogP contribution in [0.4, 0.5) is 0 Å².